The summed E-state index contributed by atoms with van der Waals surface area (Å²) >= 11 is 1.41. The molecule has 0 unspecified atom stereocenters. The Bertz CT molecular complexity index is 656. The molecule has 0 fully saturated rings. The van der Waals surface area contributed by atoms with Crippen molar-refractivity contribution >= 4 is 28.2 Å². The van der Waals surface area contributed by atoms with E-state index in [1.165, 1.54) is 11.3 Å². The summed E-state index contributed by atoms with van der Waals surface area (Å²) in [5, 5.41) is 19.4. The number of aromatic amines is 1. The van der Waals surface area contributed by atoms with E-state index in [2.05, 4.69) is 46.5 Å². The molecular formula is C13H18N6OS. The molecule has 1 aliphatic rings. The summed E-state index contributed by atoms with van der Waals surface area (Å²) in [6.07, 6.45) is 3.53. The molecule has 2 amide bonds. The van der Waals surface area contributed by atoms with E-state index in [-0.39, 0.29) is 11.4 Å². The van der Waals surface area contributed by atoms with Crippen molar-refractivity contribution in [1.29, 1.82) is 0 Å². The number of fused-ring (bicyclic) bond motifs is 1. The third-order valence-corrected chi connectivity index (χ3v) is 4.58. The maximum Gasteiger partial charge on any atom is 0.328 e. The van der Waals surface area contributed by atoms with Gasteiger partial charge in [-0.25, -0.2) is 4.79 Å². The number of nitrogens with one attached hydrogen (secondary N) is 2. The minimum atomic E-state index is -0.186. The van der Waals surface area contributed by atoms with Gasteiger partial charge in [0.15, 0.2) is 0 Å². The van der Waals surface area contributed by atoms with Crippen LogP contribution in [0, 0.1) is 0 Å². The van der Waals surface area contributed by atoms with Gasteiger partial charge in [0.05, 0.1) is 17.6 Å². The standard InChI is InChI=1S/C13H18N6OS/c1-13(2,3)10-17-18-11(21-10)15-12(20)19-6-4-5-8-9(19)7-14-16-8/h7H,4-6H2,1-3H3,(H,14,16)(H,15,18,20). The molecule has 2 aromatic rings. The van der Waals surface area contributed by atoms with Crippen molar-refractivity contribution in [3.63, 3.8) is 0 Å². The Morgan fingerprint density at radius 3 is 2.95 bits per heavy atom. The zero-order chi connectivity index (χ0) is 15.0. The van der Waals surface area contributed by atoms with Crippen LogP contribution < -0.4 is 10.2 Å². The lowest BCUT2D eigenvalue weighted by Crippen LogP contribution is -2.38. The number of nitrogens with zero attached hydrogens (tertiary/aromatic N) is 4. The monoisotopic (exact) mass is 306 g/mol. The van der Waals surface area contributed by atoms with Crippen LogP contribution in [0.2, 0.25) is 0 Å². The molecule has 8 heteroatoms. The fourth-order valence-electron chi connectivity index (χ4n) is 2.20. The molecule has 1 aliphatic heterocycles. The number of hydrogen-bond donors (Lipinski definition) is 2. The topological polar surface area (TPSA) is 86.8 Å². The molecule has 0 radical (unpaired) electrons. The molecule has 0 aromatic carbocycles. The highest BCUT2D eigenvalue weighted by atomic mass is 32.1. The zero-order valence-corrected chi connectivity index (χ0v) is 13.1. The summed E-state index contributed by atoms with van der Waals surface area (Å²) in [5.74, 6) is 0. The lowest BCUT2D eigenvalue weighted by atomic mass is 9.98. The number of aryl methyl sites for hydroxylation is 1. The summed E-state index contributed by atoms with van der Waals surface area (Å²) in [5.41, 5.74) is 1.78. The molecule has 2 N–H and O–H groups in total. The predicted molar refractivity (Wildman–Crippen MR) is 81.9 cm³/mol. The smallest absolute Gasteiger partial charge is 0.291 e. The van der Waals surface area contributed by atoms with E-state index in [9.17, 15) is 4.79 Å². The first-order valence-corrected chi connectivity index (χ1v) is 7.71. The summed E-state index contributed by atoms with van der Waals surface area (Å²) in [6, 6.07) is -0.186. The van der Waals surface area contributed by atoms with E-state index in [1.807, 2.05) is 0 Å². The number of rotatable bonds is 1. The second kappa shape index (κ2) is 5.10. The third kappa shape index (κ3) is 2.76. The molecule has 7 nitrogen and oxygen atoms in total. The molecule has 3 heterocycles. The molecule has 0 saturated heterocycles. The second-order valence-electron chi connectivity index (χ2n) is 6.08. The molecular weight excluding hydrogens is 288 g/mol. The number of amides is 2. The van der Waals surface area contributed by atoms with E-state index in [1.54, 1.807) is 11.1 Å². The van der Waals surface area contributed by atoms with Gasteiger partial charge in [-0.2, -0.15) is 5.10 Å². The summed E-state index contributed by atoms with van der Waals surface area (Å²) in [7, 11) is 0. The molecule has 0 aliphatic carbocycles. The van der Waals surface area contributed by atoms with E-state index in [4.69, 9.17) is 0 Å². The minimum absolute atomic E-state index is 0.0660. The van der Waals surface area contributed by atoms with Crippen LogP contribution in [-0.4, -0.2) is 33.0 Å². The number of carbonyl (C=O) groups is 1. The zero-order valence-electron chi connectivity index (χ0n) is 12.3. The Morgan fingerprint density at radius 2 is 2.24 bits per heavy atom. The second-order valence-corrected chi connectivity index (χ2v) is 7.06. The Hall–Kier alpha value is -1.96. The molecule has 21 heavy (non-hydrogen) atoms. The van der Waals surface area contributed by atoms with Crippen molar-refractivity contribution in [2.45, 2.75) is 39.0 Å². The van der Waals surface area contributed by atoms with Crippen LogP contribution in [0.25, 0.3) is 0 Å². The SMILES string of the molecule is CC(C)(C)c1nnc(NC(=O)N2CCCc3[nH]ncc32)s1. The number of H-pyrrole nitrogens is 1. The van der Waals surface area contributed by atoms with Gasteiger partial charge in [0, 0.05) is 12.0 Å². The summed E-state index contributed by atoms with van der Waals surface area (Å²) in [4.78, 5) is 14.1. The number of hydrogen-bond acceptors (Lipinski definition) is 5. The maximum atomic E-state index is 12.4. The van der Waals surface area contributed by atoms with Gasteiger partial charge in [0.25, 0.3) is 0 Å². The Labute approximate surface area is 126 Å². The number of anilines is 2. The van der Waals surface area contributed by atoms with Crippen molar-refractivity contribution in [3.05, 3.63) is 16.9 Å². The predicted octanol–water partition coefficient (Wildman–Crippen LogP) is 2.54. The molecule has 3 rings (SSSR count). The van der Waals surface area contributed by atoms with Crippen LogP contribution >= 0.6 is 11.3 Å². The van der Waals surface area contributed by atoms with Gasteiger partial charge in [-0.3, -0.25) is 15.3 Å². The number of aromatic nitrogens is 4. The molecule has 2 aromatic heterocycles. The minimum Gasteiger partial charge on any atom is -0.291 e. The molecule has 112 valence electrons. The van der Waals surface area contributed by atoms with Crippen molar-refractivity contribution in [1.82, 2.24) is 20.4 Å². The van der Waals surface area contributed by atoms with Crippen molar-refractivity contribution < 1.29 is 4.79 Å². The van der Waals surface area contributed by atoms with Crippen LogP contribution in [0.4, 0.5) is 15.6 Å². The van der Waals surface area contributed by atoms with E-state index < -0.39 is 0 Å². The van der Waals surface area contributed by atoms with Crippen LogP contribution in [0.1, 0.15) is 37.9 Å². The average Bonchev–Trinajstić information content (AvgIpc) is 3.05. The lowest BCUT2D eigenvalue weighted by Gasteiger charge is -2.25. The van der Waals surface area contributed by atoms with Gasteiger partial charge in [-0.1, -0.05) is 32.1 Å². The fourth-order valence-corrected chi connectivity index (χ4v) is 3.00. The number of urea groups is 1. The first kappa shape index (κ1) is 14.0. The molecule has 0 bridgehead atoms. The highest BCUT2D eigenvalue weighted by Crippen LogP contribution is 2.29. The highest BCUT2D eigenvalue weighted by Gasteiger charge is 2.26. The first-order chi connectivity index (χ1) is 9.95. The van der Waals surface area contributed by atoms with Crippen molar-refractivity contribution in [2.24, 2.45) is 0 Å². The van der Waals surface area contributed by atoms with E-state index >= 15 is 0 Å². The van der Waals surface area contributed by atoms with Crippen molar-refractivity contribution in [3.8, 4) is 0 Å². The quantitative estimate of drug-likeness (QED) is 0.847. The van der Waals surface area contributed by atoms with Crippen LogP contribution in [0.15, 0.2) is 6.20 Å². The Kier molecular flexibility index (Phi) is 3.40. The first-order valence-electron chi connectivity index (χ1n) is 6.90. The van der Waals surface area contributed by atoms with Gasteiger partial charge in [-0.15, -0.1) is 10.2 Å². The molecule has 0 saturated carbocycles. The Balaban J connectivity index is 1.75. The molecule has 0 atom stereocenters. The van der Waals surface area contributed by atoms with Gasteiger partial charge in [-0.05, 0) is 12.8 Å². The van der Waals surface area contributed by atoms with Crippen LogP contribution in [0.3, 0.4) is 0 Å². The normalized spacial score (nSPS) is 14.9. The van der Waals surface area contributed by atoms with E-state index in [0.717, 1.165) is 29.2 Å². The number of carbonyl (C=O) groups excluding carboxylic acids is 1. The van der Waals surface area contributed by atoms with Gasteiger partial charge >= 0.3 is 6.03 Å². The van der Waals surface area contributed by atoms with Crippen LogP contribution in [-0.2, 0) is 11.8 Å². The lowest BCUT2D eigenvalue weighted by molar-refractivity contribution is 0.256. The Morgan fingerprint density at radius 1 is 1.43 bits per heavy atom. The fraction of sp³-hybridized carbons (Fsp3) is 0.538. The largest absolute Gasteiger partial charge is 0.328 e. The van der Waals surface area contributed by atoms with Gasteiger partial charge in [0.2, 0.25) is 5.13 Å². The highest BCUT2D eigenvalue weighted by molar-refractivity contribution is 7.15. The maximum absolute atomic E-state index is 12.4. The summed E-state index contributed by atoms with van der Waals surface area (Å²) in [6.45, 7) is 6.90. The third-order valence-electron chi connectivity index (χ3n) is 3.32. The van der Waals surface area contributed by atoms with E-state index in [0.29, 0.717) is 11.7 Å². The summed E-state index contributed by atoms with van der Waals surface area (Å²) < 4.78 is 0. The van der Waals surface area contributed by atoms with Crippen molar-refractivity contribution in [2.75, 3.05) is 16.8 Å². The van der Waals surface area contributed by atoms with Gasteiger partial charge < -0.3 is 0 Å². The molecule has 0 spiro atoms. The van der Waals surface area contributed by atoms with Crippen LogP contribution in [0.5, 0.6) is 0 Å². The van der Waals surface area contributed by atoms with Gasteiger partial charge in [0.1, 0.15) is 5.01 Å². The average molecular weight is 306 g/mol.